The van der Waals surface area contributed by atoms with Crippen LogP contribution in [0.3, 0.4) is 0 Å². The lowest BCUT2D eigenvalue weighted by Gasteiger charge is -2.10. The quantitative estimate of drug-likeness (QED) is 0.382. The lowest BCUT2D eigenvalue weighted by Crippen LogP contribution is -2.13. The van der Waals surface area contributed by atoms with Gasteiger partial charge in [0, 0.05) is 41.6 Å². The van der Waals surface area contributed by atoms with Crippen LogP contribution >= 0.6 is 0 Å². The molecule has 2 heterocycles. The van der Waals surface area contributed by atoms with E-state index in [2.05, 4.69) is 9.55 Å². The first-order chi connectivity index (χ1) is 15.0. The number of hydrogen-bond acceptors (Lipinski definition) is 3. The van der Waals surface area contributed by atoms with E-state index in [1.165, 1.54) is 12.1 Å². The molecule has 0 amide bonds. The number of carbonyl (C=O) groups is 1. The number of ketones is 1. The van der Waals surface area contributed by atoms with Crippen LogP contribution in [0.4, 0.5) is 4.39 Å². The average molecular weight is 417 g/mol. The van der Waals surface area contributed by atoms with E-state index < -0.39 is 0 Å². The SMILES string of the molecule is Cc1cc(C(=O)COc2ccc(-n3ccnc3)cc2)c(C)n1CCc1ccc(F)cc1. The van der Waals surface area contributed by atoms with Gasteiger partial charge < -0.3 is 13.9 Å². The van der Waals surface area contributed by atoms with Gasteiger partial charge in [-0.3, -0.25) is 4.79 Å². The van der Waals surface area contributed by atoms with Crippen LogP contribution in [-0.2, 0) is 13.0 Å². The maximum atomic E-state index is 13.1. The topological polar surface area (TPSA) is 49.1 Å². The summed E-state index contributed by atoms with van der Waals surface area (Å²) in [7, 11) is 0. The van der Waals surface area contributed by atoms with E-state index >= 15 is 0 Å². The van der Waals surface area contributed by atoms with E-state index in [-0.39, 0.29) is 18.2 Å². The molecule has 0 saturated carbocycles. The molecule has 0 saturated heterocycles. The van der Waals surface area contributed by atoms with Crippen LogP contribution in [0.5, 0.6) is 5.75 Å². The minimum Gasteiger partial charge on any atom is -0.485 e. The summed E-state index contributed by atoms with van der Waals surface area (Å²) in [6, 6.07) is 16.0. The maximum absolute atomic E-state index is 13.1. The van der Waals surface area contributed by atoms with Crippen molar-refractivity contribution >= 4 is 5.78 Å². The molecule has 0 bridgehead atoms. The molecule has 2 aromatic carbocycles. The summed E-state index contributed by atoms with van der Waals surface area (Å²) in [5.41, 5.74) is 4.65. The highest BCUT2D eigenvalue weighted by Crippen LogP contribution is 2.19. The van der Waals surface area contributed by atoms with E-state index in [0.717, 1.165) is 35.6 Å². The third-order valence-electron chi connectivity index (χ3n) is 5.42. The zero-order chi connectivity index (χ0) is 21.8. The number of carbonyl (C=O) groups excluding carboxylic acids is 1. The molecule has 0 atom stereocenters. The molecular formula is C25H24FN3O2. The molecule has 0 unspecified atom stereocenters. The number of imidazole rings is 1. The summed E-state index contributed by atoms with van der Waals surface area (Å²) in [6.07, 6.45) is 6.08. The number of aromatic nitrogens is 3. The fraction of sp³-hybridized carbons (Fsp3) is 0.200. The highest BCUT2D eigenvalue weighted by Gasteiger charge is 2.16. The normalized spacial score (nSPS) is 10.9. The van der Waals surface area contributed by atoms with Gasteiger partial charge in [0.25, 0.3) is 0 Å². The predicted molar refractivity (Wildman–Crippen MR) is 117 cm³/mol. The van der Waals surface area contributed by atoms with Gasteiger partial charge in [0.2, 0.25) is 5.78 Å². The highest BCUT2D eigenvalue weighted by molar-refractivity contribution is 5.98. The third kappa shape index (κ3) is 4.74. The molecule has 0 fully saturated rings. The van der Waals surface area contributed by atoms with Crippen molar-refractivity contribution in [2.24, 2.45) is 0 Å². The van der Waals surface area contributed by atoms with Crippen LogP contribution in [-0.4, -0.2) is 26.5 Å². The standard InChI is InChI=1S/C25H24FN3O2/c1-18-15-24(19(2)29(18)13-11-20-3-5-21(26)6-4-20)25(30)16-31-23-9-7-22(8-10-23)28-14-12-27-17-28/h3-10,12,14-15,17H,11,13,16H2,1-2H3. The Balaban J connectivity index is 1.38. The largest absolute Gasteiger partial charge is 0.485 e. The van der Waals surface area contributed by atoms with Crippen LogP contribution in [0.15, 0.2) is 73.3 Å². The average Bonchev–Trinajstić information content (AvgIpc) is 3.41. The summed E-state index contributed by atoms with van der Waals surface area (Å²) < 4.78 is 22.8. The van der Waals surface area contributed by atoms with Crippen molar-refractivity contribution in [3.63, 3.8) is 0 Å². The Labute approximate surface area is 180 Å². The molecule has 6 heteroatoms. The summed E-state index contributed by atoms with van der Waals surface area (Å²) in [6.45, 7) is 4.65. The van der Waals surface area contributed by atoms with Crippen molar-refractivity contribution in [2.75, 3.05) is 6.61 Å². The fourth-order valence-electron chi connectivity index (χ4n) is 3.67. The number of halogens is 1. The molecule has 0 N–H and O–H groups in total. The summed E-state index contributed by atoms with van der Waals surface area (Å²) in [5.74, 6) is 0.350. The van der Waals surface area contributed by atoms with Crippen molar-refractivity contribution < 1.29 is 13.9 Å². The number of aryl methyl sites for hydroxylation is 2. The lowest BCUT2D eigenvalue weighted by molar-refractivity contribution is 0.0921. The van der Waals surface area contributed by atoms with E-state index in [0.29, 0.717) is 11.3 Å². The van der Waals surface area contributed by atoms with Crippen LogP contribution in [0.1, 0.15) is 27.3 Å². The second kappa shape index (κ2) is 9.00. The fourth-order valence-corrected chi connectivity index (χ4v) is 3.67. The summed E-state index contributed by atoms with van der Waals surface area (Å²) in [4.78, 5) is 16.8. The van der Waals surface area contributed by atoms with E-state index in [9.17, 15) is 9.18 Å². The monoisotopic (exact) mass is 417 g/mol. The van der Waals surface area contributed by atoms with E-state index in [1.807, 2.05) is 54.9 Å². The Kier molecular flexibility index (Phi) is 5.98. The van der Waals surface area contributed by atoms with Gasteiger partial charge in [0.05, 0.1) is 6.33 Å². The molecule has 0 aliphatic rings. The Morgan fingerprint density at radius 1 is 1.06 bits per heavy atom. The van der Waals surface area contributed by atoms with Crippen molar-refractivity contribution in [1.29, 1.82) is 0 Å². The minimum absolute atomic E-state index is 0.0212. The molecule has 2 aromatic heterocycles. The Morgan fingerprint density at radius 3 is 2.48 bits per heavy atom. The maximum Gasteiger partial charge on any atom is 0.202 e. The Hall–Kier alpha value is -3.67. The molecule has 0 radical (unpaired) electrons. The number of ether oxygens (including phenoxy) is 1. The molecule has 31 heavy (non-hydrogen) atoms. The third-order valence-corrected chi connectivity index (χ3v) is 5.42. The minimum atomic E-state index is -0.235. The summed E-state index contributed by atoms with van der Waals surface area (Å²) in [5, 5.41) is 0. The zero-order valence-corrected chi connectivity index (χ0v) is 17.6. The first-order valence-corrected chi connectivity index (χ1v) is 10.2. The second-order valence-electron chi connectivity index (χ2n) is 7.49. The second-order valence-corrected chi connectivity index (χ2v) is 7.49. The van der Waals surface area contributed by atoms with Gasteiger partial charge in [0.1, 0.15) is 11.6 Å². The van der Waals surface area contributed by atoms with E-state index in [4.69, 9.17) is 4.74 Å². The number of Topliss-reactive ketones (excluding diaryl/α,β-unsaturated/α-hetero) is 1. The van der Waals surface area contributed by atoms with Gasteiger partial charge in [-0.15, -0.1) is 0 Å². The molecule has 4 rings (SSSR count). The number of nitrogens with zero attached hydrogens (tertiary/aromatic N) is 3. The molecular weight excluding hydrogens is 393 g/mol. The molecule has 0 spiro atoms. The van der Waals surface area contributed by atoms with E-state index in [1.54, 1.807) is 24.7 Å². The predicted octanol–water partition coefficient (Wildman–Crippen LogP) is 4.93. The van der Waals surface area contributed by atoms with Crippen LogP contribution in [0.25, 0.3) is 5.69 Å². The molecule has 0 aliphatic heterocycles. The first kappa shape index (κ1) is 20.6. The van der Waals surface area contributed by atoms with Crippen LogP contribution < -0.4 is 4.74 Å². The molecule has 5 nitrogen and oxygen atoms in total. The number of benzene rings is 2. The number of rotatable bonds is 8. The number of hydrogen-bond donors (Lipinski definition) is 0. The van der Waals surface area contributed by atoms with Gasteiger partial charge in [-0.1, -0.05) is 12.1 Å². The van der Waals surface area contributed by atoms with Crippen molar-refractivity contribution in [1.82, 2.24) is 14.1 Å². The van der Waals surface area contributed by atoms with Gasteiger partial charge >= 0.3 is 0 Å². The highest BCUT2D eigenvalue weighted by atomic mass is 19.1. The van der Waals surface area contributed by atoms with Gasteiger partial charge in [-0.2, -0.15) is 0 Å². The zero-order valence-electron chi connectivity index (χ0n) is 17.6. The van der Waals surface area contributed by atoms with Gasteiger partial charge in [-0.05, 0) is 68.3 Å². The molecule has 158 valence electrons. The molecule has 0 aliphatic carbocycles. The smallest absolute Gasteiger partial charge is 0.202 e. The van der Waals surface area contributed by atoms with Crippen LogP contribution in [0, 0.1) is 19.7 Å². The van der Waals surface area contributed by atoms with Crippen molar-refractivity contribution in [2.45, 2.75) is 26.8 Å². The van der Waals surface area contributed by atoms with Crippen molar-refractivity contribution in [3.05, 3.63) is 102 Å². The molecule has 4 aromatic rings. The first-order valence-electron chi connectivity index (χ1n) is 10.2. The van der Waals surface area contributed by atoms with Gasteiger partial charge in [0.15, 0.2) is 6.61 Å². The van der Waals surface area contributed by atoms with Crippen molar-refractivity contribution in [3.8, 4) is 11.4 Å². The Bertz CT molecular complexity index is 1160. The van der Waals surface area contributed by atoms with Gasteiger partial charge in [-0.25, -0.2) is 9.37 Å². The summed E-state index contributed by atoms with van der Waals surface area (Å²) >= 11 is 0. The lowest BCUT2D eigenvalue weighted by atomic mass is 10.1. The van der Waals surface area contributed by atoms with Crippen LogP contribution in [0.2, 0.25) is 0 Å². The Morgan fingerprint density at radius 2 is 1.81 bits per heavy atom.